The first kappa shape index (κ1) is 14.6. The van der Waals surface area contributed by atoms with Crippen LogP contribution in [-0.4, -0.2) is 24.0 Å². The molecule has 1 fully saturated rings. The number of nitrogens with one attached hydrogen (secondary N) is 1. The van der Waals surface area contributed by atoms with Gasteiger partial charge in [-0.25, -0.2) is 4.79 Å². The van der Waals surface area contributed by atoms with E-state index in [0.717, 1.165) is 25.7 Å². The topological polar surface area (TPSA) is 68.5 Å². The number of furan rings is 1. The van der Waals surface area contributed by atoms with Crippen LogP contribution in [0.4, 0.5) is 0 Å². The molecular weight excluding hydrogens is 258 g/mol. The summed E-state index contributed by atoms with van der Waals surface area (Å²) < 4.78 is 10.3. The maximum atomic E-state index is 12.0. The third-order valence-electron chi connectivity index (χ3n) is 3.55. The number of aryl methyl sites for hydroxylation is 1. The van der Waals surface area contributed by atoms with Gasteiger partial charge in [-0.05, 0) is 38.8 Å². The standard InChI is InChI=1S/C15H21NO4/c1-10-8-9-13(19-10)15(18)20-11(2)14(17)16-12-6-4-3-5-7-12/h8-9,11-12H,3-7H2,1-2H3,(H,16,17)/t11-/m1/s1. The Labute approximate surface area is 118 Å². The van der Waals surface area contributed by atoms with Crippen molar-refractivity contribution in [3.63, 3.8) is 0 Å². The van der Waals surface area contributed by atoms with Gasteiger partial charge in [0.25, 0.3) is 5.91 Å². The Morgan fingerprint density at radius 3 is 2.60 bits per heavy atom. The smallest absolute Gasteiger partial charge is 0.375 e. The number of hydrogen-bond acceptors (Lipinski definition) is 4. The SMILES string of the molecule is Cc1ccc(C(=O)O[C@H](C)C(=O)NC2CCCCC2)o1. The molecule has 110 valence electrons. The zero-order valence-corrected chi connectivity index (χ0v) is 12.0. The lowest BCUT2D eigenvalue weighted by Gasteiger charge is -2.24. The van der Waals surface area contributed by atoms with Crippen molar-refractivity contribution in [3.05, 3.63) is 23.7 Å². The van der Waals surface area contributed by atoms with Gasteiger partial charge in [0, 0.05) is 6.04 Å². The Balaban J connectivity index is 1.82. The van der Waals surface area contributed by atoms with Crippen molar-refractivity contribution in [2.75, 3.05) is 0 Å². The number of carbonyl (C=O) groups is 2. The zero-order valence-electron chi connectivity index (χ0n) is 12.0. The van der Waals surface area contributed by atoms with E-state index >= 15 is 0 Å². The summed E-state index contributed by atoms with van der Waals surface area (Å²) in [6.07, 6.45) is 4.72. The molecule has 5 heteroatoms. The monoisotopic (exact) mass is 279 g/mol. The van der Waals surface area contributed by atoms with E-state index in [-0.39, 0.29) is 17.7 Å². The van der Waals surface area contributed by atoms with Crippen molar-refractivity contribution in [2.24, 2.45) is 0 Å². The van der Waals surface area contributed by atoms with Crippen LogP contribution >= 0.6 is 0 Å². The molecule has 1 aliphatic rings. The van der Waals surface area contributed by atoms with Crippen LogP contribution in [0.1, 0.15) is 55.3 Å². The lowest BCUT2D eigenvalue weighted by atomic mass is 9.95. The molecule has 0 bridgehead atoms. The van der Waals surface area contributed by atoms with Crippen LogP contribution in [0.3, 0.4) is 0 Å². The van der Waals surface area contributed by atoms with Gasteiger partial charge in [-0.1, -0.05) is 19.3 Å². The highest BCUT2D eigenvalue weighted by molar-refractivity contribution is 5.90. The molecule has 1 aromatic heterocycles. The molecule has 1 heterocycles. The average molecular weight is 279 g/mol. The van der Waals surface area contributed by atoms with Crippen LogP contribution in [0.5, 0.6) is 0 Å². The second kappa shape index (κ2) is 6.59. The van der Waals surface area contributed by atoms with Crippen molar-refractivity contribution in [3.8, 4) is 0 Å². The van der Waals surface area contributed by atoms with Crippen LogP contribution in [0.15, 0.2) is 16.5 Å². The van der Waals surface area contributed by atoms with E-state index in [1.807, 2.05) is 0 Å². The lowest BCUT2D eigenvalue weighted by molar-refractivity contribution is -0.130. The Morgan fingerprint density at radius 2 is 2.00 bits per heavy atom. The number of hydrogen-bond donors (Lipinski definition) is 1. The van der Waals surface area contributed by atoms with E-state index in [4.69, 9.17) is 9.15 Å². The van der Waals surface area contributed by atoms with Crippen molar-refractivity contribution in [2.45, 2.75) is 58.1 Å². The highest BCUT2D eigenvalue weighted by Crippen LogP contribution is 2.17. The van der Waals surface area contributed by atoms with Gasteiger partial charge in [0.05, 0.1) is 0 Å². The molecule has 1 atom stereocenters. The molecule has 1 N–H and O–H groups in total. The normalized spacial score (nSPS) is 17.5. The van der Waals surface area contributed by atoms with Gasteiger partial charge in [-0.3, -0.25) is 4.79 Å². The second-order valence-electron chi connectivity index (χ2n) is 5.30. The number of carbonyl (C=O) groups excluding carboxylic acids is 2. The van der Waals surface area contributed by atoms with E-state index in [9.17, 15) is 9.59 Å². The van der Waals surface area contributed by atoms with E-state index in [0.29, 0.717) is 5.76 Å². The fraction of sp³-hybridized carbons (Fsp3) is 0.600. The summed E-state index contributed by atoms with van der Waals surface area (Å²) in [5.41, 5.74) is 0. The maximum absolute atomic E-state index is 12.0. The molecule has 0 spiro atoms. The number of ether oxygens (including phenoxy) is 1. The van der Waals surface area contributed by atoms with Crippen LogP contribution in [0.2, 0.25) is 0 Å². The van der Waals surface area contributed by atoms with Crippen LogP contribution in [0.25, 0.3) is 0 Å². The van der Waals surface area contributed by atoms with Crippen LogP contribution in [-0.2, 0) is 9.53 Å². The Hall–Kier alpha value is -1.78. The first-order chi connectivity index (χ1) is 9.56. The first-order valence-electron chi connectivity index (χ1n) is 7.14. The van der Waals surface area contributed by atoms with Crippen molar-refractivity contribution < 1.29 is 18.7 Å². The quantitative estimate of drug-likeness (QED) is 0.860. The third-order valence-corrected chi connectivity index (χ3v) is 3.55. The van der Waals surface area contributed by atoms with E-state index in [2.05, 4.69) is 5.32 Å². The number of esters is 1. The molecule has 0 saturated heterocycles. The van der Waals surface area contributed by atoms with Gasteiger partial charge < -0.3 is 14.5 Å². The Bertz CT molecular complexity index is 474. The molecule has 5 nitrogen and oxygen atoms in total. The summed E-state index contributed by atoms with van der Waals surface area (Å²) in [5.74, 6) is -0.0889. The zero-order chi connectivity index (χ0) is 14.5. The summed E-state index contributed by atoms with van der Waals surface area (Å²) in [7, 11) is 0. The van der Waals surface area contributed by atoms with Crippen molar-refractivity contribution in [1.82, 2.24) is 5.32 Å². The minimum atomic E-state index is -0.810. The minimum absolute atomic E-state index is 0.125. The third kappa shape index (κ3) is 3.85. The summed E-state index contributed by atoms with van der Waals surface area (Å²) in [6.45, 7) is 3.32. The fourth-order valence-electron chi connectivity index (χ4n) is 2.38. The van der Waals surface area contributed by atoms with E-state index in [1.165, 1.54) is 6.42 Å². The molecule has 0 aromatic carbocycles. The molecule has 1 amide bonds. The Morgan fingerprint density at radius 1 is 1.30 bits per heavy atom. The van der Waals surface area contributed by atoms with Crippen LogP contribution < -0.4 is 5.32 Å². The molecule has 1 saturated carbocycles. The summed E-state index contributed by atoms with van der Waals surface area (Å²) in [6, 6.07) is 3.44. The van der Waals surface area contributed by atoms with Gasteiger partial charge in [0.1, 0.15) is 5.76 Å². The Kier molecular flexibility index (Phi) is 4.82. The predicted octanol–water partition coefficient (Wildman–Crippen LogP) is 2.58. The molecule has 20 heavy (non-hydrogen) atoms. The van der Waals surface area contributed by atoms with Gasteiger partial charge in [-0.15, -0.1) is 0 Å². The summed E-state index contributed by atoms with van der Waals surface area (Å²) in [5, 5.41) is 2.93. The summed E-state index contributed by atoms with van der Waals surface area (Å²) >= 11 is 0. The molecule has 0 aliphatic heterocycles. The largest absolute Gasteiger partial charge is 0.454 e. The van der Waals surface area contributed by atoms with Gasteiger partial charge in [0.2, 0.25) is 5.76 Å². The van der Waals surface area contributed by atoms with Gasteiger partial charge in [0.15, 0.2) is 6.10 Å². The number of amides is 1. The van der Waals surface area contributed by atoms with Crippen molar-refractivity contribution in [1.29, 1.82) is 0 Å². The predicted molar refractivity (Wildman–Crippen MR) is 73.3 cm³/mol. The molecular formula is C15H21NO4. The molecule has 0 radical (unpaired) electrons. The van der Waals surface area contributed by atoms with E-state index < -0.39 is 12.1 Å². The highest BCUT2D eigenvalue weighted by Gasteiger charge is 2.23. The van der Waals surface area contributed by atoms with Crippen LogP contribution in [0, 0.1) is 6.92 Å². The van der Waals surface area contributed by atoms with Crippen molar-refractivity contribution >= 4 is 11.9 Å². The number of rotatable bonds is 4. The highest BCUT2D eigenvalue weighted by atomic mass is 16.6. The van der Waals surface area contributed by atoms with Gasteiger partial charge >= 0.3 is 5.97 Å². The molecule has 1 aliphatic carbocycles. The first-order valence-corrected chi connectivity index (χ1v) is 7.14. The van der Waals surface area contributed by atoms with E-state index in [1.54, 1.807) is 26.0 Å². The molecule has 0 unspecified atom stereocenters. The maximum Gasteiger partial charge on any atom is 0.375 e. The molecule has 2 rings (SSSR count). The lowest BCUT2D eigenvalue weighted by Crippen LogP contribution is -2.42. The summed E-state index contributed by atoms with van der Waals surface area (Å²) in [4.78, 5) is 23.7. The molecule has 1 aromatic rings. The van der Waals surface area contributed by atoms with Gasteiger partial charge in [-0.2, -0.15) is 0 Å². The fourth-order valence-corrected chi connectivity index (χ4v) is 2.38. The minimum Gasteiger partial charge on any atom is -0.454 e. The second-order valence-corrected chi connectivity index (χ2v) is 5.30. The average Bonchev–Trinajstić information content (AvgIpc) is 2.86.